The maximum atomic E-state index is 13.6. The first-order valence-electron chi connectivity index (χ1n) is 11.9. The van der Waals surface area contributed by atoms with Crippen LogP contribution >= 0.6 is 0 Å². The summed E-state index contributed by atoms with van der Waals surface area (Å²) in [6.45, 7) is 8.47. The highest BCUT2D eigenvalue weighted by molar-refractivity contribution is 5.77. The van der Waals surface area contributed by atoms with Gasteiger partial charge in [0, 0.05) is 44.7 Å². The summed E-state index contributed by atoms with van der Waals surface area (Å²) in [5.74, 6) is 0.741. The molecular formula is C27H33FN4O2. The first-order chi connectivity index (χ1) is 16.4. The second kappa shape index (κ2) is 10.8. The third-order valence-electron chi connectivity index (χ3n) is 6.18. The zero-order chi connectivity index (χ0) is 24.1. The third kappa shape index (κ3) is 5.83. The number of anilines is 1. The summed E-state index contributed by atoms with van der Waals surface area (Å²) in [6, 6.07) is 16.3. The Morgan fingerprint density at radius 2 is 1.71 bits per heavy atom. The van der Waals surface area contributed by atoms with Gasteiger partial charge >= 0.3 is 0 Å². The molecule has 3 aromatic rings. The first-order valence-corrected chi connectivity index (χ1v) is 11.9. The van der Waals surface area contributed by atoms with Crippen LogP contribution in [-0.2, 0) is 17.9 Å². The van der Waals surface area contributed by atoms with Crippen molar-refractivity contribution in [2.75, 3.05) is 38.1 Å². The molecule has 0 aliphatic carbocycles. The van der Waals surface area contributed by atoms with Crippen molar-refractivity contribution in [2.24, 2.45) is 5.92 Å². The van der Waals surface area contributed by atoms with Crippen molar-refractivity contribution in [1.29, 1.82) is 0 Å². The van der Waals surface area contributed by atoms with Gasteiger partial charge in [-0.15, -0.1) is 0 Å². The topological polar surface area (TPSA) is 52.8 Å². The molecule has 6 nitrogen and oxygen atoms in total. The number of piperazine rings is 1. The van der Waals surface area contributed by atoms with Crippen LogP contribution in [0.3, 0.4) is 0 Å². The van der Waals surface area contributed by atoms with Gasteiger partial charge in [0.15, 0.2) is 0 Å². The van der Waals surface area contributed by atoms with Gasteiger partial charge in [0.05, 0.1) is 12.1 Å². The molecule has 2 aromatic carbocycles. The molecule has 7 heteroatoms. The number of amides is 1. The molecule has 0 saturated carbocycles. The first kappa shape index (κ1) is 24.0. The highest BCUT2D eigenvalue weighted by atomic mass is 19.1. The fourth-order valence-electron chi connectivity index (χ4n) is 4.24. The Morgan fingerprint density at radius 1 is 1.03 bits per heavy atom. The molecule has 1 amide bonds. The van der Waals surface area contributed by atoms with E-state index in [1.54, 1.807) is 12.1 Å². The largest absolute Gasteiger partial charge is 0.338 e. The summed E-state index contributed by atoms with van der Waals surface area (Å²) < 4.78 is 19.5. The maximum absolute atomic E-state index is 13.6. The molecular weight excluding hydrogens is 431 g/mol. The van der Waals surface area contributed by atoms with Crippen molar-refractivity contribution in [3.63, 3.8) is 0 Å². The number of hydrogen-bond donors (Lipinski definition) is 0. The minimum absolute atomic E-state index is 0.0921. The number of carbonyl (C=O) groups excluding carboxylic acids is 1. The Bertz CT molecular complexity index is 1070. The van der Waals surface area contributed by atoms with Crippen LogP contribution < -0.4 is 4.90 Å². The van der Waals surface area contributed by atoms with E-state index in [2.05, 4.69) is 35.9 Å². The summed E-state index contributed by atoms with van der Waals surface area (Å²) in [5, 5.41) is 4.40. The molecule has 34 heavy (non-hydrogen) atoms. The van der Waals surface area contributed by atoms with E-state index >= 15 is 0 Å². The van der Waals surface area contributed by atoms with Crippen molar-refractivity contribution >= 4 is 11.8 Å². The van der Waals surface area contributed by atoms with Gasteiger partial charge in [-0.1, -0.05) is 49.3 Å². The van der Waals surface area contributed by atoms with Crippen molar-refractivity contribution in [1.82, 2.24) is 15.0 Å². The quantitative estimate of drug-likeness (QED) is 0.479. The van der Waals surface area contributed by atoms with Gasteiger partial charge in [0.1, 0.15) is 11.5 Å². The summed E-state index contributed by atoms with van der Waals surface area (Å²) in [7, 11) is 2.11. The van der Waals surface area contributed by atoms with Crippen LogP contribution in [0.2, 0.25) is 0 Å². The van der Waals surface area contributed by atoms with Crippen molar-refractivity contribution in [3.05, 3.63) is 71.5 Å². The van der Waals surface area contributed by atoms with Crippen LogP contribution in [0, 0.1) is 11.7 Å². The number of aromatic nitrogens is 1. The number of benzene rings is 2. The standard InChI is InChI=1S/C27H33FN4O2/c1-20(2)17-25(33)32(18-21-7-5-4-6-8-21)19-24-26(22-9-11-23(28)12-10-22)29-34-27(24)31-15-13-30(3)14-16-31/h4-12,20H,13-19H2,1-3H3. The maximum Gasteiger partial charge on any atom is 0.232 e. The van der Waals surface area contributed by atoms with Crippen LogP contribution in [0.1, 0.15) is 31.4 Å². The van der Waals surface area contributed by atoms with E-state index in [4.69, 9.17) is 4.52 Å². The second-order valence-electron chi connectivity index (χ2n) is 9.45. The minimum Gasteiger partial charge on any atom is -0.338 e. The lowest BCUT2D eigenvalue weighted by molar-refractivity contribution is -0.133. The van der Waals surface area contributed by atoms with Crippen LogP contribution in [0.15, 0.2) is 59.1 Å². The van der Waals surface area contributed by atoms with Crippen molar-refractivity contribution < 1.29 is 13.7 Å². The zero-order valence-corrected chi connectivity index (χ0v) is 20.2. The van der Waals surface area contributed by atoms with E-state index in [0.717, 1.165) is 42.9 Å². The van der Waals surface area contributed by atoms with E-state index in [-0.39, 0.29) is 17.6 Å². The molecule has 1 fully saturated rings. The number of rotatable bonds is 8. The SMILES string of the molecule is CC(C)CC(=O)N(Cc1ccccc1)Cc1c(-c2ccc(F)cc2)noc1N1CCN(C)CC1. The molecule has 2 heterocycles. The Balaban J connectivity index is 1.71. The van der Waals surface area contributed by atoms with Crippen molar-refractivity contribution in [3.8, 4) is 11.3 Å². The van der Waals surface area contributed by atoms with E-state index in [1.165, 1.54) is 12.1 Å². The summed E-state index contributed by atoms with van der Waals surface area (Å²) in [6.07, 6.45) is 0.466. The predicted molar refractivity (Wildman–Crippen MR) is 132 cm³/mol. The molecule has 0 bridgehead atoms. The molecule has 1 saturated heterocycles. The molecule has 0 unspecified atom stereocenters. The highest BCUT2D eigenvalue weighted by Gasteiger charge is 2.28. The lowest BCUT2D eigenvalue weighted by atomic mass is 10.0. The number of hydrogen-bond acceptors (Lipinski definition) is 5. The minimum atomic E-state index is -0.300. The molecule has 0 N–H and O–H groups in total. The van der Waals surface area contributed by atoms with Gasteiger partial charge in [-0.05, 0) is 42.8 Å². The number of carbonyl (C=O) groups is 1. The Kier molecular flexibility index (Phi) is 7.63. The molecule has 1 aromatic heterocycles. The van der Waals surface area contributed by atoms with Crippen LogP contribution in [-0.4, -0.2) is 54.1 Å². The molecule has 0 spiro atoms. The van der Waals surface area contributed by atoms with Crippen molar-refractivity contribution in [2.45, 2.75) is 33.4 Å². The van der Waals surface area contributed by atoms with Gasteiger partial charge in [-0.3, -0.25) is 4.79 Å². The molecule has 1 aliphatic rings. The summed E-state index contributed by atoms with van der Waals surface area (Å²) >= 11 is 0. The number of nitrogens with zero attached hydrogens (tertiary/aromatic N) is 4. The smallest absolute Gasteiger partial charge is 0.232 e. The van der Waals surface area contributed by atoms with Gasteiger partial charge in [-0.25, -0.2) is 4.39 Å². The number of halogens is 1. The van der Waals surface area contributed by atoms with E-state index in [0.29, 0.717) is 31.1 Å². The highest BCUT2D eigenvalue weighted by Crippen LogP contribution is 2.34. The molecule has 1 aliphatic heterocycles. The fourth-order valence-corrected chi connectivity index (χ4v) is 4.24. The van der Waals surface area contributed by atoms with E-state index < -0.39 is 0 Å². The summed E-state index contributed by atoms with van der Waals surface area (Å²) in [4.78, 5) is 19.7. The van der Waals surface area contributed by atoms with Gasteiger partial charge in [-0.2, -0.15) is 0 Å². The Labute approximate surface area is 200 Å². The Hall–Kier alpha value is -3.19. The van der Waals surface area contributed by atoms with Gasteiger partial charge < -0.3 is 19.2 Å². The summed E-state index contributed by atoms with van der Waals surface area (Å²) in [5.41, 5.74) is 3.37. The predicted octanol–water partition coefficient (Wildman–Crippen LogP) is 4.81. The molecule has 0 radical (unpaired) electrons. The fraction of sp³-hybridized carbons (Fsp3) is 0.407. The van der Waals surface area contributed by atoms with Gasteiger partial charge in [0.2, 0.25) is 11.8 Å². The van der Waals surface area contributed by atoms with Crippen LogP contribution in [0.25, 0.3) is 11.3 Å². The van der Waals surface area contributed by atoms with Crippen LogP contribution in [0.4, 0.5) is 10.3 Å². The average molecular weight is 465 g/mol. The number of likely N-dealkylation sites (N-methyl/N-ethyl adjacent to an activating group) is 1. The molecule has 180 valence electrons. The van der Waals surface area contributed by atoms with Gasteiger partial charge in [0.25, 0.3) is 0 Å². The monoisotopic (exact) mass is 464 g/mol. The van der Waals surface area contributed by atoms with Crippen LogP contribution in [0.5, 0.6) is 0 Å². The third-order valence-corrected chi connectivity index (χ3v) is 6.18. The normalized spacial score (nSPS) is 14.6. The van der Waals surface area contributed by atoms with E-state index in [1.807, 2.05) is 35.2 Å². The molecule has 0 atom stereocenters. The lowest BCUT2D eigenvalue weighted by Crippen LogP contribution is -2.44. The zero-order valence-electron chi connectivity index (χ0n) is 20.2. The Morgan fingerprint density at radius 3 is 2.35 bits per heavy atom. The average Bonchev–Trinajstić information content (AvgIpc) is 3.23. The molecule has 4 rings (SSSR count). The lowest BCUT2D eigenvalue weighted by Gasteiger charge is -2.33. The van der Waals surface area contributed by atoms with E-state index in [9.17, 15) is 9.18 Å². The second-order valence-corrected chi connectivity index (χ2v) is 9.45.